The lowest BCUT2D eigenvalue weighted by molar-refractivity contribution is -0.121. The van der Waals surface area contributed by atoms with E-state index >= 15 is 0 Å². The second kappa shape index (κ2) is 9.39. The molecule has 0 radical (unpaired) electrons. The second-order valence-corrected chi connectivity index (χ2v) is 2.91. The Morgan fingerprint density at radius 1 is 1.54 bits per heavy atom. The Morgan fingerprint density at radius 3 is 2.92 bits per heavy atom. The van der Waals surface area contributed by atoms with Crippen molar-refractivity contribution in [2.24, 2.45) is 0 Å². The van der Waals surface area contributed by atoms with Gasteiger partial charge in [-0.1, -0.05) is 6.58 Å². The third-order valence-corrected chi connectivity index (χ3v) is 1.68. The number of amides is 1. The molecule has 0 saturated heterocycles. The standard InChI is InChI=1S/C9H16ClNO2/c1-2-13-8-4-7-11-9(12)5-3-6-10/h2H,1,3-8H2,(H,11,12). The Labute approximate surface area is 84.1 Å². The maximum atomic E-state index is 11.0. The minimum Gasteiger partial charge on any atom is -0.502 e. The molecule has 0 aliphatic rings. The molecule has 1 amide bonds. The third-order valence-electron chi connectivity index (χ3n) is 1.42. The van der Waals surface area contributed by atoms with Gasteiger partial charge in [0.25, 0.3) is 0 Å². The SMILES string of the molecule is C=COCCCNC(=O)CCCCl. The molecule has 13 heavy (non-hydrogen) atoms. The van der Waals surface area contributed by atoms with Gasteiger partial charge in [-0.05, 0) is 12.8 Å². The number of ether oxygens (including phenoxy) is 1. The minimum atomic E-state index is 0.0549. The maximum absolute atomic E-state index is 11.0. The molecule has 0 unspecified atom stereocenters. The van der Waals surface area contributed by atoms with Gasteiger partial charge in [-0.15, -0.1) is 11.6 Å². The van der Waals surface area contributed by atoms with Crippen molar-refractivity contribution < 1.29 is 9.53 Å². The van der Waals surface area contributed by atoms with Crippen LogP contribution < -0.4 is 5.32 Å². The summed E-state index contributed by atoms with van der Waals surface area (Å²) < 4.78 is 4.89. The average Bonchev–Trinajstić information content (AvgIpc) is 2.14. The fourth-order valence-corrected chi connectivity index (χ4v) is 0.916. The zero-order chi connectivity index (χ0) is 9.94. The van der Waals surface area contributed by atoms with E-state index in [0.29, 0.717) is 25.5 Å². The molecule has 0 heterocycles. The number of alkyl halides is 1. The number of hydrogen-bond acceptors (Lipinski definition) is 2. The zero-order valence-electron chi connectivity index (χ0n) is 7.72. The number of carbonyl (C=O) groups is 1. The van der Waals surface area contributed by atoms with Gasteiger partial charge >= 0.3 is 0 Å². The summed E-state index contributed by atoms with van der Waals surface area (Å²) in [4.78, 5) is 11.0. The number of halogens is 1. The highest BCUT2D eigenvalue weighted by atomic mass is 35.5. The van der Waals surface area contributed by atoms with Gasteiger partial charge in [-0.2, -0.15) is 0 Å². The van der Waals surface area contributed by atoms with Crippen LogP contribution >= 0.6 is 11.6 Å². The van der Waals surface area contributed by atoms with E-state index in [1.165, 1.54) is 6.26 Å². The first kappa shape index (κ1) is 12.3. The molecule has 0 aromatic carbocycles. The van der Waals surface area contributed by atoms with Crippen molar-refractivity contribution in [3.8, 4) is 0 Å². The third kappa shape index (κ3) is 9.21. The van der Waals surface area contributed by atoms with Crippen molar-refractivity contribution in [2.45, 2.75) is 19.3 Å². The molecule has 76 valence electrons. The van der Waals surface area contributed by atoms with Crippen molar-refractivity contribution in [3.05, 3.63) is 12.8 Å². The van der Waals surface area contributed by atoms with Crippen molar-refractivity contribution >= 4 is 17.5 Å². The van der Waals surface area contributed by atoms with E-state index in [-0.39, 0.29) is 5.91 Å². The molecular weight excluding hydrogens is 190 g/mol. The summed E-state index contributed by atoms with van der Waals surface area (Å²) in [7, 11) is 0. The molecular formula is C9H16ClNO2. The fraction of sp³-hybridized carbons (Fsp3) is 0.667. The van der Waals surface area contributed by atoms with Crippen LogP contribution in [0.25, 0.3) is 0 Å². The quantitative estimate of drug-likeness (QED) is 0.372. The lowest BCUT2D eigenvalue weighted by Gasteiger charge is -2.03. The fourth-order valence-electron chi connectivity index (χ4n) is 0.782. The molecule has 0 fully saturated rings. The van der Waals surface area contributed by atoms with Crippen LogP contribution in [0, 0.1) is 0 Å². The number of hydrogen-bond donors (Lipinski definition) is 1. The van der Waals surface area contributed by atoms with Gasteiger partial charge in [-0.3, -0.25) is 4.79 Å². The molecule has 0 bridgehead atoms. The van der Waals surface area contributed by atoms with Gasteiger partial charge in [0.05, 0.1) is 12.9 Å². The summed E-state index contributed by atoms with van der Waals surface area (Å²) in [6.45, 7) is 4.65. The molecule has 0 saturated carbocycles. The van der Waals surface area contributed by atoms with E-state index in [9.17, 15) is 4.79 Å². The van der Waals surface area contributed by atoms with Gasteiger partial charge in [0.1, 0.15) is 0 Å². The highest BCUT2D eigenvalue weighted by Crippen LogP contribution is 1.91. The number of carbonyl (C=O) groups excluding carboxylic acids is 1. The molecule has 0 rings (SSSR count). The van der Waals surface area contributed by atoms with Crippen LogP contribution in [0.1, 0.15) is 19.3 Å². The summed E-state index contributed by atoms with van der Waals surface area (Å²) >= 11 is 5.44. The first-order valence-electron chi connectivity index (χ1n) is 4.36. The maximum Gasteiger partial charge on any atom is 0.220 e. The normalized spacial score (nSPS) is 9.31. The largest absolute Gasteiger partial charge is 0.502 e. The van der Waals surface area contributed by atoms with Crippen LogP contribution in [-0.2, 0) is 9.53 Å². The lowest BCUT2D eigenvalue weighted by Crippen LogP contribution is -2.24. The van der Waals surface area contributed by atoms with E-state index in [1.54, 1.807) is 0 Å². The molecule has 0 aromatic heterocycles. The Morgan fingerprint density at radius 2 is 2.31 bits per heavy atom. The molecule has 0 aliphatic heterocycles. The van der Waals surface area contributed by atoms with Crippen molar-refractivity contribution in [1.82, 2.24) is 5.32 Å². The summed E-state index contributed by atoms with van der Waals surface area (Å²) in [5.41, 5.74) is 0. The zero-order valence-corrected chi connectivity index (χ0v) is 8.48. The van der Waals surface area contributed by atoms with Gasteiger partial charge in [0.15, 0.2) is 0 Å². The first-order valence-corrected chi connectivity index (χ1v) is 4.90. The van der Waals surface area contributed by atoms with E-state index in [0.717, 1.165) is 12.8 Å². The average molecular weight is 206 g/mol. The van der Waals surface area contributed by atoms with Crippen LogP contribution in [0.15, 0.2) is 12.8 Å². The molecule has 0 atom stereocenters. The second-order valence-electron chi connectivity index (χ2n) is 2.53. The summed E-state index contributed by atoms with van der Waals surface area (Å²) in [5.74, 6) is 0.590. The van der Waals surface area contributed by atoms with E-state index in [4.69, 9.17) is 16.3 Å². The van der Waals surface area contributed by atoms with Crippen LogP contribution in [0.3, 0.4) is 0 Å². The predicted molar refractivity (Wildman–Crippen MR) is 53.7 cm³/mol. The van der Waals surface area contributed by atoms with E-state index in [1.807, 2.05) is 0 Å². The smallest absolute Gasteiger partial charge is 0.220 e. The van der Waals surface area contributed by atoms with E-state index < -0.39 is 0 Å². The number of rotatable bonds is 8. The van der Waals surface area contributed by atoms with Gasteiger partial charge < -0.3 is 10.1 Å². The Hall–Kier alpha value is -0.700. The highest BCUT2D eigenvalue weighted by Gasteiger charge is 1.98. The van der Waals surface area contributed by atoms with Crippen LogP contribution in [0.2, 0.25) is 0 Å². The van der Waals surface area contributed by atoms with Crippen LogP contribution in [0.5, 0.6) is 0 Å². The van der Waals surface area contributed by atoms with Crippen LogP contribution in [-0.4, -0.2) is 24.9 Å². The molecule has 4 heteroatoms. The Bertz CT molecular complexity index is 151. The summed E-state index contributed by atoms with van der Waals surface area (Å²) in [6, 6.07) is 0. The van der Waals surface area contributed by atoms with Crippen LogP contribution in [0.4, 0.5) is 0 Å². The van der Waals surface area contributed by atoms with Gasteiger partial charge in [-0.25, -0.2) is 0 Å². The van der Waals surface area contributed by atoms with Crippen molar-refractivity contribution in [2.75, 3.05) is 19.0 Å². The minimum absolute atomic E-state index is 0.0549. The molecule has 3 nitrogen and oxygen atoms in total. The topological polar surface area (TPSA) is 38.3 Å². The molecule has 1 N–H and O–H groups in total. The monoisotopic (exact) mass is 205 g/mol. The molecule has 0 spiro atoms. The van der Waals surface area contributed by atoms with Crippen molar-refractivity contribution in [1.29, 1.82) is 0 Å². The Balaban J connectivity index is 3.12. The van der Waals surface area contributed by atoms with Gasteiger partial charge in [0, 0.05) is 18.8 Å². The van der Waals surface area contributed by atoms with E-state index in [2.05, 4.69) is 11.9 Å². The predicted octanol–water partition coefficient (Wildman–Crippen LogP) is 1.67. The summed E-state index contributed by atoms with van der Waals surface area (Å²) in [6.07, 6.45) is 3.44. The molecule has 0 aromatic rings. The molecule has 0 aliphatic carbocycles. The lowest BCUT2D eigenvalue weighted by atomic mass is 10.3. The summed E-state index contributed by atoms with van der Waals surface area (Å²) in [5, 5.41) is 2.76. The van der Waals surface area contributed by atoms with Gasteiger partial charge in [0.2, 0.25) is 5.91 Å². The highest BCUT2D eigenvalue weighted by molar-refractivity contribution is 6.17. The number of nitrogens with one attached hydrogen (secondary N) is 1. The first-order chi connectivity index (χ1) is 6.31. The van der Waals surface area contributed by atoms with Crippen molar-refractivity contribution in [3.63, 3.8) is 0 Å². The Kier molecular flexibility index (Phi) is 8.88.